The van der Waals surface area contributed by atoms with Gasteiger partial charge in [0.05, 0.1) is 20.6 Å². The van der Waals surface area contributed by atoms with Gasteiger partial charge in [-0.1, -0.05) is 47.5 Å². The highest BCUT2D eigenvalue weighted by molar-refractivity contribution is 7.93. The molecule has 2 aromatic carbocycles. The predicted octanol–water partition coefficient (Wildman–Crippen LogP) is 4.00. The van der Waals surface area contributed by atoms with E-state index < -0.39 is 22.5 Å². The Morgan fingerprint density at radius 2 is 1.89 bits per heavy atom. The van der Waals surface area contributed by atoms with E-state index in [0.29, 0.717) is 21.7 Å². The van der Waals surface area contributed by atoms with E-state index in [1.54, 1.807) is 31.2 Å². The minimum atomic E-state index is -3.81. The smallest absolute Gasteiger partial charge is 0.265 e. The number of aromatic nitrogens is 1. The van der Waals surface area contributed by atoms with Gasteiger partial charge in [-0.3, -0.25) is 9.10 Å². The summed E-state index contributed by atoms with van der Waals surface area (Å²) in [5, 5.41) is 4.56. The molecule has 1 aromatic heterocycles. The van der Waals surface area contributed by atoms with Crippen molar-refractivity contribution in [1.29, 1.82) is 0 Å². The van der Waals surface area contributed by atoms with Crippen LogP contribution in [-0.2, 0) is 14.8 Å². The number of pyridine rings is 1. The molecule has 1 aliphatic heterocycles. The summed E-state index contributed by atoms with van der Waals surface area (Å²) in [5.74, 6) is -0.421. The summed E-state index contributed by atoms with van der Waals surface area (Å²) < 4.78 is 26.9. The number of hydrogen-bond donors (Lipinski definition) is 1. The Morgan fingerprint density at radius 1 is 1.19 bits per heavy atom. The molecule has 0 saturated carbocycles. The number of anilines is 2. The Bertz CT molecular complexity index is 1210. The Kier molecular flexibility index (Phi) is 4.25. The van der Waals surface area contributed by atoms with Gasteiger partial charge in [0.1, 0.15) is 6.54 Å². The summed E-state index contributed by atoms with van der Waals surface area (Å²) >= 11 is 12.1. The molecule has 3 aromatic rings. The molecule has 27 heavy (non-hydrogen) atoms. The molecule has 0 radical (unpaired) electrons. The van der Waals surface area contributed by atoms with E-state index in [1.807, 2.05) is 12.1 Å². The van der Waals surface area contributed by atoms with Gasteiger partial charge in [-0.25, -0.2) is 13.4 Å². The van der Waals surface area contributed by atoms with Crippen molar-refractivity contribution in [1.82, 2.24) is 4.98 Å². The topological polar surface area (TPSA) is 79.4 Å². The Labute approximate surface area is 165 Å². The average Bonchev–Trinajstić information content (AvgIpc) is 2.86. The van der Waals surface area contributed by atoms with Crippen molar-refractivity contribution in [2.24, 2.45) is 0 Å². The van der Waals surface area contributed by atoms with Crippen molar-refractivity contribution in [3.05, 3.63) is 58.2 Å². The van der Waals surface area contributed by atoms with Crippen LogP contribution < -0.4 is 9.62 Å². The van der Waals surface area contributed by atoms with Gasteiger partial charge in [-0.15, -0.1) is 0 Å². The Morgan fingerprint density at radius 3 is 2.63 bits per heavy atom. The van der Waals surface area contributed by atoms with Crippen LogP contribution in [0, 0.1) is 6.92 Å². The third-order valence-corrected chi connectivity index (χ3v) is 7.07. The molecule has 0 aliphatic carbocycles. The zero-order chi connectivity index (χ0) is 19.3. The van der Waals surface area contributed by atoms with E-state index in [1.165, 1.54) is 6.20 Å². The number of benzene rings is 2. The maximum absolute atomic E-state index is 12.9. The average molecular weight is 422 g/mol. The second kappa shape index (κ2) is 6.37. The van der Waals surface area contributed by atoms with E-state index in [4.69, 9.17) is 23.2 Å². The minimum Gasteiger partial charge on any atom is -0.308 e. The fourth-order valence-corrected chi connectivity index (χ4v) is 5.13. The van der Waals surface area contributed by atoms with Crippen LogP contribution in [0.3, 0.4) is 0 Å². The van der Waals surface area contributed by atoms with Gasteiger partial charge >= 0.3 is 0 Å². The van der Waals surface area contributed by atoms with Crippen LogP contribution in [0.5, 0.6) is 0 Å². The lowest BCUT2D eigenvalue weighted by molar-refractivity contribution is -0.114. The van der Waals surface area contributed by atoms with Gasteiger partial charge in [-0.05, 0) is 30.0 Å². The number of nitrogens with one attached hydrogen (secondary N) is 1. The second-order valence-corrected chi connectivity index (χ2v) is 8.70. The van der Waals surface area contributed by atoms with E-state index >= 15 is 0 Å². The third kappa shape index (κ3) is 2.82. The zero-order valence-electron chi connectivity index (χ0n) is 14.0. The largest absolute Gasteiger partial charge is 0.308 e. The first-order valence-electron chi connectivity index (χ1n) is 7.95. The van der Waals surface area contributed by atoms with Crippen LogP contribution >= 0.6 is 23.2 Å². The standard InChI is InChI=1S/C18H13Cl2N3O3S/c1-10-12(19)8-21-18(17(10)20)22-15(24)9-23-13-6-2-4-11-5-3-7-14(16(11)13)27(23,25)26/h2-8H,9H2,1H3,(H,21,22,24). The van der Waals surface area contributed by atoms with Crippen molar-refractivity contribution in [2.45, 2.75) is 11.8 Å². The van der Waals surface area contributed by atoms with E-state index in [0.717, 1.165) is 9.69 Å². The number of hydrogen-bond acceptors (Lipinski definition) is 4. The van der Waals surface area contributed by atoms with Gasteiger partial charge in [0, 0.05) is 11.6 Å². The second-order valence-electron chi connectivity index (χ2n) is 6.08. The van der Waals surface area contributed by atoms with Crippen molar-refractivity contribution in [3.8, 4) is 0 Å². The van der Waals surface area contributed by atoms with Gasteiger partial charge in [0.25, 0.3) is 10.0 Å². The van der Waals surface area contributed by atoms with Crippen molar-refractivity contribution in [3.63, 3.8) is 0 Å². The molecule has 138 valence electrons. The van der Waals surface area contributed by atoms with Crippen molar-refractivity contribution < 1.29 is 13.2 Å². The van der Waals surface area contributed by atoms with E-state index in [-0.39, 0.29) is 15.7 Å². The summed E-state index contributed by atoms with van der Waals surface area (Å²) in [7, 11) is -3.81. The summed E-state index contributed by atoms with van der Waals surface area (Å²) in [6, 6.07) is 10.3. The minimum absolute atomic E-state index is 0.135. The summed E-state index contributed by atoms with van der Waals surface area (Å²) in [5.41, 5.74) is 1.05. The van der Waals surface area contributed by atoms with Gasteiger partial charge in [0.15, 0.2) is 5.82 Å². The van der Waals surface area contributed by atoms with Crippen LogP contribution in [0.25, 0.3) is 10.8 Å². The molecule has 0 atom stereocenters. The van der Waals surface area contributed by atoms with E-state index in [2.05, 4.69) is 10.3 Å². The molecule has 0 spiro atoms. The van der Waals surface area contributed by atoms with Crippen molar-refractivity contribution in [2.75, 3.05) is 16.2 Å². The molecule has 4 rings (SSSR count). The van der Waals surface area contributed by atoms with E-state index in [9.17, 15) is 13.2 Å². The summed E-state index contributed by atoms with van der Waals surface area (Å²) in [4.78, 5) is 16.7. The van der Waals surface area contributed by atoms with Crippen LogP contribution in [-0.4, -0.2) is 25.9 Å². The highest BCUT2D eigenvalue weighted by atomic mass is 35.5. The lowest BCUT2D eigenvalue weighted by Gasteiger charge is -2.18. The molecule has 0 fully saturated rings. The molecular weight excluding hydrogens is 409 g/mol. The van der Waals surface area contributed by atoms with Crippen LogP contribution in [0.2, 0.25) is 10.0 Å². The zero-order valence-corrected chi connectivity index (χ0v) is 16.4. The molecule has 1 amide bonds. The molecule has 0 saturated heterocycles. The number of carbonyl (C=O) groups is 1. The molecule has 2 heterocycles. The highest BCUT2D eigenvalue weighted by Crippen LogP contribution is 2.41. The molecular formula is C18H13Cl2N3O3S. The van der Waals surface area contributed by atoms with Gasteiger partial charge in [0.2, 0.25) is 5.91 Å². The first-order valence-corrected chi connectivity index (χ1v) is 10.2. The quantitative estimate of drug-likeness (QED) is 0.692. The first kappa shape index (κ1) is 18.0. The van der Waals surface area contributed by atoms with Crippen LogP contribution in [0.1, 0.15) is 5.56 Å². The van der Waals surface area contributed by atoms with Gasteiger partial charge in [-0.2, -0.15) is 0 Å². The maximum Gasteiger partial charge on any atom is 0.265 e. The molecule has 9 heteroatoms. The maximum atomic E-state index is 12.9. The van der Waals surface area contributed by atoms with Crippen LogP contribution in [0.4, 0.5) is 11.5 Å². The Balaban J connectivity index is 1.67. The van der Waals surface area contributed by atoms with Crippen LogP contribution in [0.15, 0.2) is 47.5 Å². The summed E-state index contributed by atoms with van der Waals surface area (Å²) in [6.45, 7) is 1.31. The molecule has 0 unspecified atom stereocenters. The SMILES string of the molecule is Cc1c(Cl)cnc(NC(=O)CN2c3cccc4cccc(c34)S2(=O)=O)c1Cl. The summed E-state index contributed by atoms with van der Waals surface area (Å²) in [6.07, 6.45) is 1.38. The monoisotopic (exact) mass is 421 g/mol. The fraction of sp³-hybridized carbons (Fsp3) is 0.111. The fourth-order valence-electron chi connectivity index (χ4n) is 3.07. The predicted molar refractivity (Wildman–Crippen MR) is 106 cm³/mol. The molecule has 6 nitrogen and oxygen atoms in total. The normalized spacial score (nSPS) is 14.6. The highest BCUT2D eigenvalue weighted by Gasteiger charge is 2.36. The number of amides is 1. The molecule has 0 bridgehead atoms. The third-order valence-electron chi connectivity index (χ3n) is 4.43. The van der Waals surface area contributed by atoms with Gasteiger partial charge < -0.3 is 5.32 Å². The Hall–Kier alpha value is -2.35. The lowest BCUT2D eigenvalue weighted by Crippen LogP contribution is -2.35. The number of halogens is 2. The molecule has 1 N–H and O–H groups in total. The number of nitrogens with zero attached hydrogens (tertiary/aromatic N) is 2. The molecule has 1 aliphatic rings. The lowest BCUT2D eigenvalue weighted by atomic mass is 10.1. The first-order chi connectivity index (χ1) is 12.8. The number of rotatable bonds is 3. The van der Waals surface area contributed by atoms with Crippen molar-refractivity contribution >= 4 is 61.4 Å². The number of carbonyl (C=O) groups excluding carboxylic acids is 1. The number of sulfonamides is 1.